The topological polar surface area (TPSA) is 15.3 Å². The summed E-state index contributed by atoms with van der Waals surface area (Å²) in [6.45, 7) is 3.50. The lowest BCUT2D eigenvalue weighted by molar-refractivity contribution is 0.190. The predicted molar refractivity (Wildman–Crippen MR) is 88.5 cm³/mol. The van der Waals surface area contributed by atoms with E-state index in [1.807, 2.05) is 0 Å². The van der Waals surface area contributed by atoms with E-state index in [1.54, 1.807) is 11.3 Å². The highest BCUT2D eigenvalue weighted by molar-refractivity contribution is 7.13. The van der Waals surface area contributed by atoms with E-state index in [1.165, 1.54) is 35.5 Å². The largest absolute Gasteiger partial charge is 0.382 e. The first-order valence-corrected chi connectivity index (χ1v) is 8.21. The first-order valence-electron chi connectivity index (χ1n) is 7.33. The summed E-state index contributed by atoms with van der Waals surface area (Å²) < 4.78 is 0. The molecule has 2 atom stereocenters. The van der Waals surface area contributed by atoms with Crippen LogP contribution >= 0.6 is 11.3 Å². The van der Waals surface area contributed by atoms with Crippen molar-refractivity contribution in [3.8, 4) is 10.4 Å². The van der Waals surface area contributed by atoms with Gasteiger partial charge in [0.15, 0.2) is 0 Å². The molecule has 0 radical (unpaired) electrons. The quantitative estimate of drug-likeness (QED) is 0.904. The van der Waals surface area contributed by atoms with Crippen molar-refractivity contribution in [3.63, 3.8) is 0 Å². The maximum Gasteiger partial charge on any atom is 0.0430 e. The van der Waals surface area contributed by atoms with Crippen molar-refractivity contribution in [2.45, 2.75) is 31.8 Å². The Morgan fingerprint density at radius 1 is 1.20 bits per heavy atom. The molecule has 0 aliphatic carbocycles. The first kappa shape index (κ1) is 13.7. The van der Waals surface area contributed by atoms with E-state index in [9.17, 15) is 0 Å². The molecule has 1 saturated heterocycles. The molecule has 1 aromatic heterocycles. The lowest BCUT2D eigenvalue weighted by Gasteiger charge is -2.36. The van der Waals surface area contributed by atoms with Gasteiger partial charge < -0.3 is 10.2 Å². The van der Waals surface area contributed by atoms with Crippen LogP contribution in [0.1, 0.15) is 19.8 Å². The van der Waals surface area contributed by atoms with E-state index in [2.05, 4.69) is 66.0 Å². The second-order valence-corrected chi connectivity index (χ2v) is 6.67. The number of nitrogens with one attached hydrogen (secondary N) is 1. The lowest BCUT2D eigenvalue weighted by Crippen LogP contribution is -2.42. The molecule has 0 saturated carbocycles. The number of benzene rings is 1. The maximum absolute atomic E-state index is 3.77. The molecule has 2 unspecified atom stereocenters. The fourth-order valence-corrected chi connectivity index (χ4v) is 3.66. The van der Waals surface area contributed by atoms with Crippen molar-refractivity contribution in [2.75, 3.05) is 18.9 Å². The highest BCUT2D eigenvalue weighted by atomic mass is 32.1. The van der Waals surface area contributed by atoms with E-state index in [4.69, 9.17) is 0 Å². The normalized spacial score (nSPS) is 23.7. The van der Waals surface area contributed by atoms with Crippen LogP contribution in [0, 0.1) is 0 Å². The standard InChI is InChI=1S/C17H22N2S/c1-13-12-14(9-10-19(13)2)18-16-7-4-3-6-15(16)17-8-5-11-20-17/h3-8,11,13-14,18H,9-10,12H2,1-2H3. The smallest absolute Gasteiger partial charge is 0.0430 e. The van der Waals surface area contributed by atoms with Gasteiger partial charge in [-0.3, -0.25) is 0 Å². The van der Waals surface area contributed by atoms with Gasteiger partial charge >= 0.3 is 0 Å². The third kappa shape index (κ3) is 2.89. The number of hydrogen-bond acceptors (Lipinski definition) is 3. The summed E-state index contributed by atoms with van der Waals surface area (Å²) >= 11 is 1.80. The second-order valence-electron chi connectivity index (χ2n) is 5.72. The molecule has 20 heavy (non-hydrogen) atoms. The molecular weight excluding hydrogens is 264 g/mol. The van der Waals surface area contributed by atoms with Crippen molar-refractivity contribution < 1.29 is 0 Å². The molecule has 3 rings (SSSR count). The van der Waals surface area contributed by atoms with Gasteiger partial charge in [-0.25, -0.2) is 0 Å². The third-order valence-corrected chi connectivity index (χ3v) is 5.18. The molecule has 1 fully saturated rings. The number of para-hydroxylation sites is 1. The number of likely N-dealkylation sites (tertiary alicyclic amines) is 1. The summed E-state index contributed by atoms with van der Waals surface area (Å²) in [6, 6.07) is 14.2. The van der Waals surface area contributed by atoms with Crippen LogP contribution in [-0.2, 0) is 0 Å². The predicted octanol–water partition coefficient (Wildman–Crippen LogP) is 4.31. The number of thiophene rings is 1. The van der Waals surface area contributed by atoms with Crippen LogP contribution in [0.4, 0.5) is 5.69 Å². The molecule has 0 spiro atoms. The second kappa shape index (κ2) is 5.98. The maximum atomic E-state index is 3.77. The zero-order valence-corrected chi connectivity index (χ0v) is 13.0. The molecule has 3 heteroatoms. The van der Waals surface area contributed by atoms with Gasteiger partial charge in [0.25, 0.3) is 0 Å². The van der Waals surface area contributed by atoms with Crippen molar-refractivity contribution in [2.24, 2.45) is 0 Å². The van der Waals surface area contributed by atoms with E-state index in [0.717, 1.165) is 0 Å². The van der Waals surface area contributed by atoms with Gasteiger partial charge in [-0.05, 0) is 44.3 Å². The Kier molecular flexibility index (Phi) is 4.08. The Morgan fingerprint density at radius 3 is 2.80 bits per heavy atom. The molecule has 2 nitrogen and oxygen atoms in total. The van der Waals surface area contributed by atoms with Crippen LogP contribution in [0.25, 0.3) is 10.4 Å². The fourth-order valence-electron chi connectivity index (χ4n) is 2.90. The number of anilines is 1. The number of hydrogen-bond donors (Lipinski definition) is 1. The zero-order valence-electron chi connectivity index (χ0n) is 12.2. The number of piperidine rings is 1. The lowest BCUT2D eigenvalue weighted by atomic mass is 9.98. The molecule has 1 aliphatic rings. The Hall–Kier alpha value is -1.32. The molecule has 0 amide bonds. The minimum absolute atomic E-state index is 0.585. The Bertz CT molecular complexity index is 550. The number of rotatable bonds is 3. The van der Waals surface area contributed by atoms with E-state index >= 15 is 0 Å². The van der Waals surface area contributed by atoms with Crippen LogP contribution in [0.3, 0.4) is 0 Å². The van der Waals surface area contributed by atoms with Crippen LogP contribution in [-0.4, -0.2) is 30.6 Å². The highest BCUT2D eigenvalue weighted by Gasteiger charge is 2.23. The molecule has 106 valence electrons. The summed E-state index contributed by atoms with van der Waals surface area (Å²) in [6.07, 6.45) is 2.44. The summed E-state index contributed by atoms with van der Waals surface area (Å²) in [4.78, 5) is 3.79. The molecule has 1 N–H and O–H groups in total. The van der Waals surface area contributed by atoms with E-state index in [0.29, 0.717) is 12.1 Å². The first-order chi connectivity index (χ1) is 9.74. The fraction of sp³-hybridized carbons (Fsp3) is 0.412. The van der Waals surface area contributed by atoms with Gasteiger partial charge in [0.05, 0.1) is 0 Å². The molecule has 0 bridgehead atoms. The summed E-state index contributed by atoms with van der Waals surface area (Å²) in [7, 11) is 2.22. The van der Waals surface area contributed by atoms with Crippen LogP contribution in [0.2, 0.25) is 0 Å². The molecular formula is C17H22N2S. The molecule has 1 aliphatic heterocycles. The Balaban J connectivity index is 1.78. The zero-order chi connectivity index (χ0) is 13.9. The van der Waals surface area contributed by atoms with Crippen molar-refractivity contribution >= 4 is 17.0 Å². The average molecular weight is 286 g/mol. The summed E-state index contributed by atoms with van der Waals surface area (Å²) in [5.41, 5.74) is 2.60. The van der Waals surface area contributed by atoms with Crippen molar-refractivity contribution in [3.05, 3.63) is 41.8 Å². The molecule has 1 aromatic carbocycles. The highest BCUT2D eigenvalue weighted by Crippen LogP contribution is 2.32. The molecule has 2 heterocycles. The van der Waals surface area contributed by atoms with Crippen LogP contribution in [0.15, 0.2) is 41.8 Å². The van der Waals surface area contributed by atoms with Crippen LogP contribution < -0.4 is 5.32 Å². The van der Waals surface area contributed by atoms with E-state index in [-0.39, 0.29) is 0 Å². The van der Waals surface area contributed by atoms with Gasteiger partial charge in [-0.2, -0.15) is 0 Å². The number of nitrogens with zero attached hydrogens (tertiary/aromatic N) is 1. The van der Waals surface area contributed by atoms with Gasteiger partial charge in [-0.1, -0.05) is 24.3 Å². The molecule has 2 aromatic rings. The van der Waals surface area contributed by atoms with Crippen molar-refractivity contribution in [1.82, 2.24) is 4.90 Å². The Labute approximate surface area is 125 Å². The minimum Gasteiger partial charge on any atom is -0.382 e. The average Bonchev–Trinajstić information content (AvgIpc) is 2.97. The van der Waals surface area contributed by atoms with Gasteiger partial charge in [0, 0.05) is 34.8 Å². The monoisotopic (exact) mass is 286 g/mol. The SMILES string of the molecule is CC1CC(Nc2ccccc2-c2cccs2)CCN1C. The van der Waals surface area contributed by atoms with Crippen molar-refractivity contribution in [1.29, 1.82) is 0 Å². The Morgan fingerprint density at radius 2 is 2.05 bits per heavy atom. The van der Waals surface area contributed by atoms with E-state index < -0.39 is 0 Å². The van der Waals surface area contributed by atoms with Crippen LogP contribution in [0.5, 0.6) is 0 Å². The van der Waals surface area contributed by atoms with Gasteiger partial charge in [0.1, 0.15) is 0 Å². The van der Waals surface area contributed by atoms with Gasteiger partial charge in [0.2, 0.25) is 0 Å². The van der Waals surface area contributed by atoms with Gasteiger partial charge in [-0.15, -0.1) is 11.3 Å². The third-order valence-electron chi connectivity index (χ3n) is 4.28. The minimum atomic E-state index is 0.585. The summed E-state index contributed by atoms with van der Waals surface area (Å²) in [5.74, 6) is 0. The summed E-state index contributed by atoms with van der Waals surface area (Å²) in [5, 5.41) is 5.91.